The van der Waals surface area contributed by atoms with Crippen molar-refractivity contribution in [2.75, 3.05) is 4.90 Å². The maximum atomic E-state index is 6.36. The Morgan fingerprint density at radius 3 is 1.86 bits per heavy atom. The van der Waals surface area contributed by atoms with Crippen molar-refractivity contribution >= 4 is 103 Å². The van der Waals surface area contributed by atoms with Crippen LogP contribution in [0.15, 0.2) is 148 Å². The Balaban J connectivity index is 1.25. The molecule has 0 bridgehead atoms. The van der Waals surface area contributed by atoms with Crippen LogP contribution in [-0.2, 0) is 0 Å². The summed E-state index contributed by atoms with van der Waals surface area (Å²) in [6, 6.07) is 49.5. The van der Waals surface area contributed by atoms with Crippen LogP contribution in [0.1, 0.15) is 0 Å². The van der Waals surface area contributed by atoms with Crippen molar-refractivity contribution in [2.24, 2.45) is 0 Å². The lowest BCUT2D eigenvalue weighted by atomic mass is 10.0. The molecule has 0 aliphatic heterocycles. The molecule has 44 heavy (non-hydrogen) atoms. The van der Waals surface area contributed by atoms with Gasteiger partial charge in [0, 0.05) is 58.8 Å². The molecule has 0 aliphatic carbocycles. The highest BCUT2D eigenvalue weighted by Crippen LogP contribution is 2.44. The third-order valence-corrected chi connectivity index (χ3v) is 9.97. The Morgan fingerprint density at radius 2 is 0.977 bits per heavy atom. The van der Waals surface area contributed by atoms with E-state index in [0.717, 1.165) is 60.9 Å². The second-order valence-corrected chi connectivity index (χ2v) is 12.4. The van der Waals surface area contributed by atoms with Gasteiger partial charge < -0.3 is 13.7 Å². The molecule has 0 unspecified atom stereocenters. The van der Waals surface area contributed by atoms with E-state index in [1.165, 1.54) is 30.9 Å². The number of hydrogen-bond donors (Lipinski definition) is 0. The third kappa shape index (κ3) is 3.43. The summed E-state index contributed by atoms with van der Waals surface area (Å²) in [5.41, 5.74) is 6.82. The number of rotatable bonds is 3. The van der Waals surface area contributed by atoms with E-state index in [1.807, 2.05) is 23.5 Å². The second-order valence-electron chi connectivity index (χ2n) is 11.3. The molecule has 0 radical (unpaired) electrons. The summed E-state index contributed by atoms with van der Waals surface area (Å²) in [5.74, 6) is 0. The highest BCUT2D eigenvalue weighted by atomic mass is 32.1. The van der Waals surface area contributed by atoms with Gasteiger partial charge in [-0.15, -0.1) is 11.3 Å². The van der Waals surface area contributed by atoms with Crippen molar-refractivity contribution in [2.45, 2.75) is 0 Å². The van der Waals surface area contributed by atoms with Crippen LogP contribution in [0.3, 0.4) is 0 Å². The molecule has 0 aliphatic rings. The molecule has 0 N–H and O–H groups in total. The van der Waals surface area contributed by atoms with Crippen LogP contribution < -0.4 is 4.90 Å². The fourth-order valence-electron chi connectivity index (χ4n) is 6.83. The van der Waals surface area contributed by atoms with Crippen LogP contribution in [0.5, 0.6) is 0 Å². The Hall–Kier alpha value is -5.58. The number of furan rings is 2. The predicted octanol–water partition coefficient (Wildman–Crippen LogP) is 12.5. The summed E-state index contributed by atoms with van der Waals surface area (Å²) in [6.45, 7) is 0. The minimum absolute atomic E-state index is 0.885. The fourth-order valence-corrected chi connectivity index (χ4v) is 7.97. The molecular formula is C40H23NO2S. The van der Waals surface area contributed by atoms with E-state index in [1.54, 1.807) is 0 Å². The molecule has 0 spiro atoms. The van der Waals surface area contributed by atoms with E-state index in [-0.39, 0.29) is 0 Å². The van der Waals surface area contributed by atoms with Gasteiger partial charge in [0.05, 0.1) is 0 Å². The van der Waals surface area contributed by atoms with Gasteiger partial charge in [0.25, 0.3) is 0 Å². The highest BCUT2D eigenvalue weighted by Gasteiger charge is 2.19. The predicted molar refractivity (Wildman–Crippen MR) is 186 cm³/mol. The summed E-state index contributed by atoms with van der Waals surface area (Å²) >= 11 is 1.84. The molecule has 0 fully saturated rings. The zero-order chi connectivity index (χ0) is 28.8. The molecule has 0 saturated heterocycles. The summed E-state index contributed by atoms with van der Waals surface area (Å²) in [6.07, 6.45) is 0. The molecule has 3 nitrogen and oxygen atoms in total. The molecule has 3 aromatic heterocycles. The van der Waals surface area contributed by atoms with Gasteiger partial charge in [0.2, 0.25) is 0 Å². The van der Waals surface area contributed by atoms with Gasteiger partial charge >= 0.3 is 0 Å². The van der Waals surface area contributed by atoms with Gasteiger partial charge in [-0.25, -0.2) is 0 Å². The molecule has 10 aromatic rings. The largest absolute Gasteiger partial charge is 0.456 e. The first-order valence-corrected chi connectivity index (χ1v) is 15.6. The zero-order valence-corrected chi connectivity index (χ0v) is 24.3. The quantitative estimate of drug-likeness (QED) is 0.208. The number of benzene rings is 7. The average molecular weight is 582 g/mol. The van der Waals surface area contributed by atoms with Crippen LogP contribution in [0.25, 0.3) is 74.8 Å². The lowest BCUT2D eigenvalue weighted by molar-refractivity contribution is 0.669. The molecule has 206 valence electrons. The minimum atomic E-state index is 0.885. The van der Waals surface area contributed by atoms with Crippen molar-refractivity contribution in [3.05, 3.63) is 140 Å². The Kier molecular flexibility index (Phi) is 4.87. The van der Waals surface area contributed by atoms with Crippen LogP contribution >= 0.6 is 11.3 Å². The van der Waals surface area contributed by atoms with Gasteiger partial charge in [0.15, 0.2) is 0 Å². The topological polar surface area (TPSA) is 29.5 Å². The van der Waals surface area contributed by atoms with E-state index < -0.39 is 0 Å². The highest BCUT2D eigenvalue weighted by molar-refractivity contribution is 7.25. The first-order valence-electron chi connectivity index (χ1n) is 14.8. The molecular weight excluding hydrogens is 559 g/mol. The van der Waals surface area contributed by atoms with Crippen LogP contribution in [0.4, 0.5) is 17.1 Å². The van der Waals surface area contributed by atoms with Crippen LogP contribution in [0, 0.1) is 0 Å². The minimum Gasteiger partial charge on any atom is -0.456 e. The van der Waals surface area contributed by atoms with E-state index in [9.17, 15) is 0 Å². The second kappa shape index (κ2) is 8.96. The number of hydrogen-bond acceptors (Lipinski definition) is 4. The third-order valence-electron chi connectivity index (χ3n) is 8.84. The van der Waals surface area contributed by atoms with Gasteiger partial charge in [-0.05, 0) is 77.5 Å². The number of anilines is 3. The summed E-state index contributed by atoms with van der Waals surface area (Å²) < 4.78 is 15.1. The van der Waals surface area contributed by atoms with E-state index in [2.05, 4.69) is 132 Å². The van der Waals surface area contributed by atoms with Crippen molar-refractivity contribution < 1.29 is 8.83 Å². The zero-order valence-electron chi connectivity index (χ0n) is 23.5. The van der Waals surface area contributed by atoms with E-state index in [0.29, 0.717) is 0 Å². The molecule has 4 heteroatoms. The van der Waals surface area contributed by atoms with E-state index >= 15 is 0 Å². The summed E-state index contributed by atoms with van der Waals surface area (Å²) in [7, 11) is 0. The van der Waals surface area contributed by atoms with Crippen molar-refractivity contribution in [3.8, 4) is 0 Å². The smallest absolute Gasteiger partial charge is 0.136 e. The lowest BCUT2D eigenvalue weighted by Gasteiger charge is -2.25. The normalized spacial score (nSPS) is 12.1. The molecule has 10 rings (SSSR count). The average Bonchev–Trinajstić information content (AvgIpc) is 3.75. The Labute approximate surface area is 255 Å². The van der Waals surface area contributed by atoms with E-state index in [4.69, 9.17) is 8.83 Å². The van der Waals surface area contributed by atoms with Gasteiger partial charge in [-0.2, -0.15) is 0 Å². The number of fused-ring (bicyclic) bond motifs is 11. The number of para-hydroxylation sites is 1. The maximum absolute atomic E-state index is 6.36. The van der Waals surface area contributed by atoms with Gasteiger partial charge in [-0.3, -0.25) is 0 Å². The molecule has 3 heterocycles. The van der Waals surface area contributed by atoms with Crippen LogP contribution in [0.2, 0.25) is 0 Å². The lowest BCUT2D eigenvalue weighted by Crippen LogP contribution is -2.09. The van der Waals surface area contributed by atoms with Gasteiger partial charge in [0.1, 0.15) is 22.3 Å². The maximum Gasteiger partial charge on any atom is 0.136 e. The number of thiophene rings is 1. The van der Waals surface area contributed by atoms with Crippen molar-refractivity contribution in [3.63, 3.8) is 0 Å². The first kappa shape index (κ1) is 23.9. The Bertz CT molecular complexity index is 2750. The van der Waals surface area contributed by atoms with Crippen molar-refractivity contribution in [1.29, 1.82) is 0 Å². The Morgan fingerprint density at radius 1 is 0.386 bits per heavy atom. The summed E-state index contributed by atoms with van der Waals surface area (Å²) in [4.78, 5) is 2.36. The van der Waals surface area contributed by atoms with Crippen LogP contribution in [-0.4, -0.2) is 0 Å². The number of nitrogens with zero attached hydrogens (tertiary/aromatic N) is 1. The molecule has 7 aromatic carbocycles. The van der Waals surface area contributed by atoms with Crippen molar-refractivity contribution in [1.82, 2.24) is 0 Å². The standard InChI is InChI=1S/C40H23NO2S/c1-2-8-28-24(7-1)13-18-37-40(28)33-22-26(16-20-36(33)43-37)41(25-15-19-35-32(21-25)29-9-3-5-11-34(29)42-35)27-14-17-31-30-10-4-6-12-38(30)44-39(31)23-27/h1-23H. The fraction of sp³-hybridized carbons (Fsp3) is 0. The molecule has 0 saturated carbocycles. The van der Waals surface area contributed by atoms with Gasteiger partial charge in [-0.1, -0.05) is 72.8 Å². The first-order chi connectivity index (χ1) is 21.8. The SMILES string of the molecule is c1ccc2c(c1)ccc1oc3ccc(N(c4ccc5c(c4)sc4ccccc45)c4ccc5oc6ccccc6c5c4)cc3c12. The summed E-state index contributed by atoms with van der Waals surface area (Å²) in [5, 5.41) is 9.47. The monoisotopic (exact) mass is 581 g/mol. The molecule has 0 amide bonds. The molecule has 0 atom stereocenters.